The molecule has 2 heterocycles. The maximum absolute atomic E-state index is 13.0. The number of carbonyl (C=O) groups is 1. The minimum absolute atomic E-state index is 0.176. The van der Waals surface area contributed by atoms with Crippen LogP contribution in [-0.2, 0) is 4.79 Å². The number of halogens is 1. The zero-order valence-electron chi connectivity index (χ0n) is 13.5. The van der Waals surface area contributed by atoms with Gasteiger partial charge in [-0.05, 0) is 37.6 Å². The molecule has 0 saturated carbocycles. The van der Waals surface area contributed by atoms with E-state index in [-0.39, 0.29) is 12.5 Å². The second kappa shape index (κ2) is 6.77. The minimum Gasteiger partial charge on any atom is -0.395 e. The molecule has 0 spiro atoms. The Morgan fingerprint density at radius 3 is 2.39 bits per heavy atom. The highest BCUT2D eigenvalue weighted by molar-refractivity contribution is 6.30. The molecule has 1 aromatic rings. The normalized spacial score (nSPS) is 26.9. The van der Waals surface area contributed by atoms with Crippen LogP contribution in [0.25, 0.3) is 0 Å². The average Bonchev–Trinajstić information content (AvgIpc) is 2.86. The third-order valence-corrected chi connectivity index (χ3v) is 5.40. The van der Waals surface area contributed by atoms with Gasteiger partial charge in [0.1, 0.15) is 0 Å². The van der Waals surface area contributed by atoms with E-state index in [1.54, 1.807) is 0 Å². The number of hydrogen-bond donors (Lipinski definition) is 1. The number of carbonyl (C=O) groups excluding carboxylic acids is 1. The van der Waals surface area contributed by atoms with Gasteiger partial charge in [0.15, 0.2) is 0 Å². The van der Waals surface area contributed by atoms with Gasteiger partial charge in [-0.1, -0.05) is 11.6 Å². The van der Waals surface area contributed by atoms with Crippen molar-refractivity contribution in [2.75, 3.05) is 50.8 Å². The van der Waals surface area contributed by atoms with E-state index >= 15 is 0 Å². The van der Waals surface area contributed by atoms with Crippen molar-refractivity contribution < 1.29 is 9.90 Å². The maximum Gasteiger partial charge on any atom is 0.247 e. The van der Waals surface area contributed by atoms with Crippen molar-refractivity contribution in [1.82, 2.24) is 9.80 Å². The van der Waals surface area contributed by atoms with Crippen LogP contribution in [0.3, 0.4) is 0 Å². The smallest absolute Gasteiger partial charge is 0.247 e. The van der Waals surface area contributed by atoms with E-state index in [4.69, 9.17) is 16.7 Å². The van der Waals surface area contributed by atoms with Crippen molar-refractivity contribution in [1.29, 1.82) is 0 Å². The Balaban J connectivity index is 1.69. The molecule has 0 aromatic heterocycles. The zero-order chi connectivity index (χ0) is 16.4. The fourth-order valence-corrected chi connectivity index (χ4v) is 3.72. The topological polar surface area (TPSA) is 47.0 Å². The maximum atomic E-state index is 13.0. The number of amides is 1. The van der Waals surface area contributed by atoms with Gasteiger partial charge in [0.2, 0.25) is 5.91 Å². The molecule has 2 fully saturated rings. The van der Waals surface area contributed by atoms with Gasteiger partial charge >= 0.3 is 0 Å². The van der Waals surface area contributed by atoms with Gasteiger partial charge in [-0.15, -0.1) is 0 Å². The minimum atomic E-state index is -0.426. The fourth-order valence-electron chi connectivity index (χ4n) is 3.60. The lowest BCUT2D eigenvalue weighted by Gasteiger charge is -2.42. The van der Waals surface area contributed by atoms with Crippen LogP contribution < -0.4 is 4.90 Å². The van der Waals surface area contributed by atoms with Gasteiger partial charge in [0.05, 0.1) is 12.1 Å². The summed E-state index contributed by atoms with van der Waals surface area (Å²) in [7, 11) is 0. The van der Waals surface area contributed by atoms with Gasteiger partial charge in [0, 0.05) is 50.0 Å². The van der Waals surface area contributed by atoms with Crippen LogP contribution in [0.5, 0.6) is 0 Å². The molecule has 3 rings (SSSR count). The van der Waals surface area contributed by atoms with Crippen molar-refractivity contribution in [2.24, 2.45) is 0 Å². The van der Waals surface area contributed by atoms with Crippen LogP contribution in [-0.4, -0.2) is 72.2 Å². The highest BCUT2D eigenvalue weighted by atomic mass is 35.5. The Hall–Kier alpha value is -1.14. The summed E-state index contributed by atoms with van der Waals surface area (Å²) >= 11 is 5.94. The summed E-state index contributed by atoms with van der Waals surface area (Å²) in [6.45, 7) is 7.28. The predicted molar refractivity (Wildman–Crippen MR) is 91.9 cm³/mol. The lowest BCUT2D eigenvalue weighted by molar-refractivity contribution is -0.128. The summed E-state index contributed by atoms with van der Waals surface area (Å²) in [4.78, 5) is 19.4. The number of benzene rings is 1. The first-order chi connectivity index (χ1) is 11.0. The van der Waals surface area contributed by atoms with E-state index in [9.17, 15) is 4.79 Å². The molecule has 2 aliphatic heterocycles. The molecule has 6 heteroatoms. The molecule has 2 aliphatic rings. The summed E-state index contributed by atoms with van der Waals surface area (Å²) in [5.74, 6) is 0.176. The Morgan fingerprint density at radius 1 is 1.13 bits per heavy atom. The van der Waals surface area contributed by atoms with Crippen molar-refractivity contribution in [3.63, 3.8) is 0 Å². The average molecular weight is 338 g/mol. The largest absolute Gasteiger partial charge is 0.395 e. The van der Waals surface area contributed by atoms with Gasteiger partial charge in [0.25, 0.3) is 0 Å². The van der Waals surface area contributed by atoms with Crippen LogP contribution in [0.4, 0.5) is 5.69 Å². The van der Waals surface area contributed by atoms with Crippen LogP contribution >= 0.6 is 11.6 Å². The molecular formula is C17H24ClN3O2. The van der Waals surface area contributed by atoms with Crippen LogP contribution in [0, 0.1) is 0 Å². The van der Waals surface area contributed by atoms with Crippen molar-refractivity contribution in [3.05, 3.63) is 29.3 Å². The van der Waals surface area contributed by atoms with E-state index in [2.05, 4.69) is 16.7 Å². The monoisotopic (exact) mass is 337 g/mol. The van der Waals surface area contributed by atoms with Gasteiger partial charge < -0.3 is 10.0 Å². The number of anilines is 1. The summed E-state index contributed by atoms with van der Waals surface area (Å²) in [6, 6.07) is 7.47. The predicted octanol–water partition coefficient (Wildman–Crippen LogP) is 1.45. The molecule has 0 radical (unpaired) electrons. The summed E-state index contributed by atoms with van der Waals surface area (Å²) in [5.41, 5.74) is 0.493. The molecule has 1 atom stereocenters. The summed E-state index contributed by atoms with van der Waals surface area (Å²) < 4.78 is 0. The summed E-state index contributed by atoms with van der Waals surface area (Å²) in [5, 5.41) is 9.73. The highest BCUT2D eigenvalue weighted by Crippen LogP contribution is 2.33. The Labute approximate surface area is 142 Å². The molecule has 0 bridgehead atoms. The van der Waals surface area contributed by atoms with E-state index in [0.717, 1.165) is 51.4 Å². The van der Waals surface area contributed by atoms with E-state index in [1.807, 2.05) is 29.2 Å². The fraction of sp³-hybridized carbons (Fsp3) is 0.588. The second-order valence-corrected chi connectivity index (χ2v) is 6.95. The first kappa shape index (κ1) is 16.7. The molecule has 1 aromatic carbocycles. The summed E-state index contributed by atoms with van der Waals surface area (Å²) in [6.07, 6.45) is 0.842. The molecule has 1 unspecified atom stereocenters. The first-order valence-electron chi connectivity index (χ1n) is 8.20. The quantitative estimate of drug-likeness (QED) is 0.903. The highest BCUT2D eigenvalue weighted by Gasteiger charge is 2.48. The molecule has 2 saturated heterocycles. The molecule has 0 aliphatic carbocycles. The Kier molecular flexibility index (Phi) is 4.92. The Morgan fingerprint density at radius 2 is 1.78 bits per heavy atom. The number of aliphatic hydroxyl groups excluding tert-OH is 1. The van der Waals surface area contributed by atoms with E-state index < -0.39 is 5.54 Å². The zero-order valence-corrected chi connectivity index (χ0v) is 14.3. The van der Waals surface area contributed by atoms with Crippen molar-refractivity contribution >= 4 is 23.2 Å². The van der Waals surface area contributed by atoms with E-state index in [0.29, 0.717) is 5.02 Å². The van der Waals surface area contributed by atoms with Crippen molar-refractivity contribution in [3.8, 4) is 0 Å². The number of piperazine rings is 1. The molecule has 1 N–H and O–H groups in total. The molecule has 23 heavy (non-hydrogen) atoms. The van der Waals surface area contributed by atoms with Crippen LogP contribution in [0.15, 0.2) is 24.3 Å². The lowest BCUT2D eigenvalue weighted by Crippen LogP contribution is -2.59. The van der Waals surface area contributed by atoms with Gasteiger partial charge in [-0.2, -0.15) is 0 Å². The third-order valence-electron chi connectivity index (χ3n) is 5.15. The van der Waals surface area contributed by atoms with E-state index in [1.165, 1.54) is 0 Å². The first-order valence-corrected chi connectivity index (χ1v) is 8.58. The molecular weight excluding hydrogens is 314 g/mol. The number of nitrogens with zero attached hydrogens (tertiary/aromatic N) is 3. The second-order valence-electron chi connectivity index (χ2n) is 6.51. The lowest BCUT2D eigenvalue weighted by atomic mass is 9.97. The SMILES string of the molecule is CC1(N2CCN(CCO)CC2)CCN(c2ccc(Cl)cc2)C1=O. The number of hydrogen-bond acceptors (Lipinski definition) is 4. The van der Waals surface area contributed by atoms with Crippen molar-refractivity contribution in [2.45, 2.75) is 18.9 Å². The van der Waals surface area contributed by atoms with Crippen LogP contribution in [0.2, 0.25) is 5.02 Å². The van der Waals surface area contributed by atoms with Gasteiger partial charge in [-0.3, -0.25) is 14.6 Å². The number of aliphatic hydroxyl groups is 1. The standard InChI is InChI=1S/C17H24ClN3O2/c1-17(20-10-8-19(9-11-20)12-13-22)6-7-21(16(17)23)15-4-2-14(18)3-5-15/h2-5,22H,6-13H2,1H3. The Bertz CT molecular complexity index is 557. The molecule has 5 nitrogen and oxygen atoms in total. The molecule has 126 valence electrons. The molecule has 1 amide bonds. The third kappa shape index (κ3) is 3.24. The number of rotatable bonds is 4. The van der Waals surface area contributed by atoms with Crippen LogP contribution in [0.1, 0.15) is 13.3 Å². The van der Waals surface area contributed by atoms with Gasteiger partial charge in [-0.25, -0.2) is 0 Å². The number of β-amino-alcohol motifs (C(OH)–C–C–N with tert-alkyl or cyclic N) is 1.